The van der Waals surface area contributed by atoms with E-state index in [0.29, 0.717) is 12.4 Å². The fourth-order valence-corrected chi connectivity index (χ4v) is 2.43. The molecular formula is C9H13NO2S. The highest BCUT2D eigenvalue weighted by molar-refractivity contribution is 7.99. The van der Waals surface area contributed by atoms with Crippen molar-refractivity contribution in [1.29, 1.82) is 0 Å². The Kier molecular flexibility index (Phi) is 2.90. The molecule has 0 amide bonds. The van der Waals surface area contributed by atoms with Crippen LogP contribution >= 0.6 is 11.8 Å². The number of thioether (sulfide) groups is 1. The predicted octanol–water partition coefficient (Wildman–Crippen LogP) is 0.565. The maximum atomic E-state index is 11.7. The molecule has 1 fully saturated rings. The number of ether oxygens (including phenoxy) is 1. The molecule has 2 aliphatic rings. The normalized spacial score (nSPS) is 28.0. The van der Waals surface area contributed by atoms with Crippen molar-refractivity contribution in [2.75, 3.05) is 24.7 Å². The van der Waals surface area contributed by atoms with E-state index in [1.807, 2.05) is 17.8 Å². The van der Waals surface area contributed by atoms with Crippen LogP contribution < -0.4 is 5.32 Å². The second kappa shape index (κ2) is 4.15. The van der Waals surface area contributed by atoms with Gasteiger partial charge in [-0.1, -0.05) is 0 Å². The summed E-state index contributed by atoms with van der Waals surface area (Å²) in [5.41, 5.74) is 0. The van der Waals surface area contributed by atoms with Crippen LogP contribution in [0.25, 0.3) is 0 Å². The number of carbonyl (C=O) groups is 1. The molecule has 0 saturated carbocycles. The molecule has 0 aromatic carbocycles. The summed E-state index contributed by atoms with van der Waals surface area (Å²) in [5, 5.41) is 3.20. The SMILES string of the molecule is O=C(C1=CCCO1)C1CSCCN1. The van der Waals surface area contributed by atoms with E-state index in [-0.39, 0.29) is 11.8 Å². The summed E-state index contributed by atoms with van der Waals surface area (Å²) in [6, 6.07) is -0.0249. The van der Waals surface area contributed by atoms with E-state index in [1.165, 1.54) is 0 Å². The quantitative estimate of drug-likeness (QED) is 0.705. The third kappa shape index (κ3) is 2.06. The molecule has 0 radical (unpaired) electrons. The molecule has 0 aromatic heterocycles. The van der Waals surface area contributed by atoms with E-state index in [1.54, 1.807) is 0 Å². The van der Waals surface area contributed by atoms with E-state index >= 15 is 0 Å². The Morgan fingerprint density at radius 3 is 3.23 bits per heavy atom. The lowest BCUT2D eigenvalue weighted by Gasteiger charge is -2.21. The second-order valence-electron chi connectivity index (χ2n) is 3.15. The van der Waals surface area contributed by atoms with Crippen molar-refractivity contribution in [2.45, 2.75) is 12.5 Å². The van der Waals surface area contributed by atoms with E-state index in [9.17, 15) is 4.79 Å². The monoisotopic (exact) mass is 199 g/mol. The fourth-order valence-electron chi connectivity index (χ4n) is 1.50. The van der Waals surface area contributed by atoms with Gasteiger partial charge in [0.25, 0.3) is 0 Å². The Labute approximate surface area is 81.9 Å². The van der Waals surface area contributed by atoms with Crippen molar-refractivity contribution in [3.8, 4) is 0 Å². The molecule has 4 heteroatoms. The van der Waals surface area contributed by atoms with Gasteiger partial charge >= 0.3 is 0 Å². The molecule has 72 valence electrons. The summed E-state index contributed by atoms with van der Waals surface area (Å²) in [7, 11) is 0. The van der Waals surface area contributed by atoms with Gasteiger partial charge in [-0.05, 0) is 6.08 Å². The molecule has 1 saturated heterocycles. The molecule has 1 N–H and O–H groups in total. The first kappa shape index (κ1) is 9.09. The van der Waals surface area contributed by atoms with Crippen LogP contribution in [0, 0.1) is 0 Å². The number of hydrogen-bond donors (Lipinski definition) is 1. The predicted molar refractivity (Wildman–Crippen MR) is 52.8 cm³/mol. The van der Waals surface area contributed by atoms with Gasteiger partial charge in [0.1, 0.15) is 0 Å². The zero-order valence-corrected chi connectivity index (χ0v) is 8.23. The van der Waals surface area contributed by atoms with Crippen LogP contribution in [0.3, 0.4) is 0 Å². The van der Waals surface area contributed by atoms with Gasteiger partial charge in [0.15, 0.2) is 5.76 Å². The van der Waals surface area contributed by atoms with Crippen LogP contribution in [0.1, 0.15) is 6.42 Å². The zero-order chi connectivity index (χ0) is 9.10. The number of ketones is 1. The molecular weight excluding hydrogens is 186 g/mol. The molecule has 0 bridgehead atoms. The minimum Gasteiger partial charge on any atom is -0.490 e. The molecule has 1 atom stereocenters. The minimum absolute atomic E-state index is 0.0249. The summed E-state index contributed by atoms with van der Waals surface area (Å²) in [5.74, 6) is 2.67. The molecule has 2 heterocycles. The Balaban J connectivity index is 1.94. The fraction of sp³-hybridized carbons (Fsp3) is 0.667. The van der Waals surface area contributed by atoms with Crippen LogP contribution in [-0.4, -0.2) is 36.5 Å². The van der Waals surface area contributed by atoms with Crippen molar-refractivity contribution in [1.82, 2.24) is 5.32 Å². The number of rotatable bonds is 2. The first-order valence-electron chi connectivity index (χ1n) is 4.56. The molecule has 3 nitrogen and oxygen atoms in total. The van der Waals surface area contributed by atoms with Crippen LogP contribution in [0.15, 0.2) is 11.8 Å². The van der Waals surface area contributed by atoms with Gasteiger partial charge in [0.2, 0.25) is 5.78 Å². The third-order valence-corrected chi connectivity index (χ3v) is 3.25. The first-order valence-corrected chi connectivity index (χ1v) is 5.72. The molecule has 13 heavy (non-hydrogen) atoms. The van der Waals surface area contributed by atoms with Gasteiger partial charge in [-0.15, -0.1) is 0 Å². The largest absolute Gasteiger partial charge is 0.490 e. The van der Waals surface area contributed by atoms with Crippen LogP contribution in [0.5, 0.6) is 0 Å². The van der Waals surface area contributed by atoms with Crippen molar-refractivity contribution in [3.63, 3.8) is 0 Å². The topological polar surface area (TPSA) is 38.3 Å². The Morgan fingerprint density at radius 2 is 2.62 bits per heavy atom. The summed E-state index contributed by atoms with van der Waals surface area (Å²) >= 11 is 1.82. The van der Waals surface area contributed by atoms with Crippen molar-refractivity contribution < 1.29 is 9.53 Å². The Morgan fingerprint density at radius 1 is 1.69 bits per heavy atom. The maximum absolute atomic E-state index is 11.7. The number of Topliss-reactive ketones (excluding diaryl/α,β-unsaturated/α-hetero) is 1. The van der Waals surface area contributed by atoms with Gasteiger partial charge in [-0.25, -0.2) is 0 Å². The van der Waals surface area contributed by atoms with E-state index in [0.717, 1.165) is 24.5 Å². The molecule has 1 unspecified atom stereocenters. The molecule has 0 aliphatic carbocycles. The summed E-state index contributed by atoms with van der Waals surface area (Å²) in [6.07, 6.45) is 2.77. The second-order valence-corrected chi connectivity index (χ2v) is 4.30. The van der Waals surface area contributed by atoms with E-state index in [2.05, 4.69) is 5.32 Å². The van der Waals surface area contributed by atoms with Gasteiger partial charge in [0.05, 0.1) is 12.6 Å². The molecule has 0 aromatic rings. The summed E-state index contributed by atoms with van der Waals surface area (Å²) < 4.78 is 5.23. The number of hydrogen-bond acceptors (Lipinski definition) is 4. The van der Waals surface area contributed by atoms with Crippen molar-refractivity contribution in [3.05, 3.63) is 11.8 Å². The van der Waals surface area contributed by atoms with Gasteiger partial charge < -0.3 is 10.1 Å². The van der Waals surface area contributed by atoms with Gasteiger partial charge in [0, 0.05) is 24.5 Å². The smallest absolute Gasteiger partial charge is 0.214 e. The van der Waals surface area contributed by atoms with E-state index in [4.69, 9.17) is 4.74 Å². The molecule has 2 aliphatic heterocycles. The highest BCUT2D eigenvalue weighted by atomic mass is 32.2. The molecule has 2 rings (SSSR count). The van der Waals surface area contributed by atoms with Gasteiger partial charge in [-0.2, -0.15) is 11.8 Å². The lowest BCUT2D eigenvalue weighted by Crippen LogP contribution is -2.44. The van der Waals surface area contributed by atoms with Crippen molar-refractivity contribution in [2.24, 2.45) is 0 Å². The lowest BCUT2D eigenvalue weighted by atomic mass is 10.1. The maximum Gasteiger partial charge on any atom is 0.214 e. The van der Waals surface area contributed by atoms with Crippen LogP contribution in [-0.2, 0) is 9.53 Å². The number of carbonyl (C=O) groups excluding carboxylic acids is 1. The number of nitrogens with one attached hydrogen (secondary N) is 1. The summed E-state index contributed by atoms with van der Waals surface area (Å²) in [4.78, 5) is 11.7. The van der Waals surface area contributed by atoms with E-state index < -0.39 is 0 Å². The standard InChI is InChI=1S/C9H13NO2S/c11-9(8-2-1-4-12-8)7-6-13-5-3-10-7/h2,7,10H,1,3-6H2. The van der Waals surface area contributed by atoms with Crippen LogP contribution in [0.4, 0.5) is 0 Å². The van der Waals surface area contributed by atoms with Crippen LogP contribution in [0.2, 0.25) is 0 Å². The van der Waals surface area contributed by atoms with Gasteiger partial charge in [-0.3, -0.25) is 4.79 Å². The zero-order valence-electron chi connectivity index (χ0n) is 7.41. The lowest BCUT2D eigenvalue weighted by molar-refractivity contribution is -0.120. The average molecular weight is 199 g/mol. The molecule has 0 spiro atoms. The Hall–Kier alpha value is -0.480. The first-order chi connectivity index (χ1) is 6.38. The highest BCUT2D eigenvalue weighted by Gasteiger charge is 2.26. The Bertz CT molecular complexity index is 234. The highest BCUT2D eigenvalue weighted by Crippen LogP contribution is 2.16. The minimum atomic E-state index is -0.0249. The average Bonchev–Trinajstić information content (AvgIpc) is 2.71. The van der Waals surface area contributed by atoms with Crippen molar-refractivity contribution >= 4 is 17.5 Å². The summed E-state index contributed by atoms with van der Waals surface area (Å²) in [6.45, 7) is 1.59. The third-order valence-electron chi connectivity index (χ3n) is 2.19.